The zero-order chi connectivity index (χ0) is 24.8. The number of aromatic amines is 1. The molecule has 3 aromatic rings. The molecular formula is C25H29N5O4. The third kappa shape index (κ3) is 5.49. The van der Waals surface area contributed by atoms with Crippen molar-refractivity contribution in [3.63, 3.8) is 0 Å². The first kappa shape index (κ1) is 24.7. The van der Waals surface area contributed by atoms with E-state index in [1.807, 2.05) is 38.1 Å². The fourth-order valence-electron chi connectivity index (χ4n) is 3.67. The molecule has 178 valence electrons. The lowest BCUT2D eigenvalue weighted by Gasteiger charge is -2.25. The molecule has 0 saturated carbocycles. The van der Waals surface area contributed by atoms with Crippen LogP contribution in [-0.4, -0.2) is 39.7 Å². The molecule has 1 aromatic heterocycles. The highest BCUT2D eigenvalue weighted by Crippen LogP contribution is 2.23. The number of nitrogens with two attached hydrogens (primary N) is 1. The highest BCUT2D eigenvalue weighted by atomic mass is 16.2. The second-order valence-electron chi connectivity index (χ2n) is 8.13. The Kier molecular flexibility index (Phi) is 7.80. The van der Waals surface area contributed by atoms with Crippen LogP contribution >= 0.6 is 0 Å². The molecule has 9 heteroatoms. The summed E-state index contributed by atoms with van der Waals surface area (Å²) in [5.74, 6) is -0.815. The van der Waals surface area contributed by atoms with E-state index in [4.69, 9.17) is 5.73 Å². The first-order chi connectivity index (χ1) is 16.2. The average Bonchev–Trinajstić information content (AvgIpc) is 2.81. The molecule has 0 aliphatic heterocycles. The molecule has 34 heavy (non-hydrogen) atoms. The number of nitrogens with zero attached hydrogens (tertiary/aromatic N) is 2. The van der Waals surface area contributed by atoms with E-state index in [2.05, 4.69) is 10.3 Å². The van der Waals surface area contributed by atoms with Gasteiger partial charge in [-0.1, -0.05) is 37.3 Å². The van der Waals surface area contributed by atoms with Crippen LogP contribution in [0.1, 0.15) is 52.6 Å². The second kappa shape index (κ2) is 10.8. The Bertz CT molecular complexity index is 1300. The minimum absolute atomic E-state index is 0.0840. The second-order valence-corrected chi connectivity index (χ2v) is 8.13. The predicted octanol–water partition coefficient (Wildman–Crippen LogP) is 2.66. The van der Waals surface area contributed by atoms with Crippen LogP contribution in [0.2, 0.25) is 0 Å². The molecule has 2 aromatic carbocycles. The van der Waals surface area contributed by atoms with E-state index in [0.29, 0.717) is 24.2 Å². The van der Waals surface area contributed by atoms with Gasteiger partial charge < -0.3 is 11.1 Å². The molecule has 0 aliphatic carbocycles. The van der Waals surface area contributed by atoms with Crippen molar-refractivity contribution in [2.24, 2.45) is 0 Å². The van der Waals surface area contributed by atoms with E-state index in [-0.39, 0.29) is 29.9 Å². The van der Waals surface area contributed by atoms with Crippen molar-refractivity contribution in [1.82, 2.24) is 14.5 Å². The van der Waals surface area contributed by atoms with Crippen LogP contribution in [0.3, 0.4) is 0 Å². The van der Waals surface area contributed by atoms with Crippen LogP contribution in [0, 0.1) is 0 Å². The van der Waals surface area contributed by atoms with E-state index < -0.39 is 17.0 Å². The SMILES string of the molecule is CCCn1c(N)c(C(=O)CN(C)[C@@H](C)c2cccc(NC(=O)c3ccccc3)c2)c(=O)[nH]c1=O. The normalized spacial score (nSPS) is 11.9. The van der Waals surface area contributed by atoms with Gasteiger partial charge in [-0.05, 0) is 50.2 Å². The molecule has 4 N–H and O–H groups in total. The summed E-state index contributed by atoms with van der Waals surface area (Å²) in [7, 11) is 1.75. The standard InChI is InChI=1S/C25H29N5O4/c1-4-13-30-22(26)21(24(33)28-25(30)34)20(31)15-29(3)16(2)18-11-8-12-19(14-18)27-23(32)17-9-6-5-7-10-17/h5-12,14,16H,4,13,15,26H2,1-3H3,(H,27,32)(H,28,33,34)/t16-/m0/s1. The smallest absolute Gasteiger partial charge is 0.329 e. The summed E-state index contributed by atoms with van der Waals surface area (Å²) in [6.07, 6.45) is 0.623. The number of rotatable bonds is 9. The molecule has 0 bridgehead atoms. The van der Waals surface area contributed by atoms with E-state index in [9.17, 15) is 19.2 Å². The maximum Gasteiger partial charge on any atom is 0.329 e. The van der Waals surface area contributed by atoms with Gasteiger partial charge in [0.05, 0.1) is 6.54 Å². The van der Waals surface area contributed by atoms with Crippen molar-refractivity contribution in [3.8, 4) is 0 Å². The van der Waals surface area contributed by atoms with E-state index in [0.717, 1.165) is 5.56 Å². The zero-order valence-corrected chi connectivity index (χ0v) is 19.5. The van der Waals surface area contributed by atoms with Gasteiger partial charge in [-0.25, -0.2) is 4.79 Å². The molecule has 0 radical (unpaired) electrons. The van der Waals surface area contributed by atoms with Crippen molar-refractivity contribution in [1.29, 1.82) is 0 Å². The lowest BCUT2D eigenvalue weighted by Crippen LogP contribution is -2.39. The van der Waals surface area contributed by atoms with E-state index in [1.165, 1.54) is 4.57 Å². The molecular weight excluding hydrogens is 434 g/mol. The third-order valence-corrected chi connectivity index (χ3v) is 5.68. The number of ketones is 1. The number of nitrogens with one attached hydrogen (secondary N) is 2. The van der Waals surface area contributed by atoms with Crippen LogP contribution < -0.4 is 22.3 Å². The van der Waals surface area contributed by atoms with Gasteiger partial charge in [0.25, 0.3) is 11.5 Å². The summed E-state index contributed by atoms with van der Waals surface area (Å²) in [6.45, 7) is 4.00. The van der Waals surface area contributed by atoms with Crippen molar-refractivity contribution >= 4 is 23.2 Å². The molecule has 1 atom stereocenters. The first-order valence-corrected chi connectivity index (χ1v) is 11.0. The Balaban J connectivity index is 1.76. The number of carbonyl (C=O) groups is 2. The number of carbonyl (C=O) groups excluding carboxylic acids is 2. The Morgan fingerprint density at radius 2 is 1.82 bits per heavy atom. The van der Waals surface area contributed by atoms with Crippen molar-refractivity contribution in [2.45, 2.75) is 32.9 Å². The fraction of sp³-hybridized carbons (Fsp3) is 0.280. The quantitative estimate of drug-likeness (QED) is 0.418. The van der Waals surface area contributed by atoms with Gasteiger partial charge in [0.15, 0.2) is 5.78 Å². The maximum absolute atomic E-state index is 13.0. The Hall–Kier alpha value is -3.98. The molecule has 1 heterocycles. The minimum Gasteiger partial charge on any atom is -0.384 e. The van der Waals surface area contributed by atoms with Gasteiger partial charge in [0, 0.05) is 23.8 Å². The third-order valence-electron chi connectivity index (χ3n) is 5.68. The van der Waals surface area contributed by atoms with Crippen LogP contribution in [0.4, 0.5) is 11.5 Å². The van der Waals surface area contributed by atoms with Gasteiger partial charge in [0.2, 0.25) is 0 Å². The summed E-state index contributed by atoms with van der Waals surface area (Å²) >= 11 is 0. The molecule has 0 fully saturated rings. The molecule has 0 aliphatic rings. The number of nitrogen functional groups attached to an aromatic ring is 1. The molecule has 9 nitrogen and oxygen atoms in total. The van der Waals surface area contributed by atoms with E-state index >= 15 is 0 Å². The fourth-order valence-corrected chi connectivity index (χ4v) is 3.67. The molecule has 0 spiro atoms. The van der Waals surface area contributed by atoms with Gasteiger partial charge in [-0.3, -0.25) is 28.8 Å². The number of aromatic nitrogens is 2. The molecule has 0 saturated heterocycles. The lowest BCUT2D eigenvalue weighted by molar-refractivity contribution is 0.0923. The van der Waals surface area contributed by atoms with Gasteiger partial charge >= 0.3 is 5.69 Å². The largest absolute Gasteiger partial charge is 0.384 e. The van der Waals surface area contributed by atoms with Crippen LogP contribution in [-0.2, 0) is 6.54 Å². The lowest BCUT2D eigenvalue weighted by atomic mass is 10.1. The highest BCUT2D eigenvalue weighted by molar-refractivity contribution is 6.04. The number of anilines is 2. The summed E-state index contributed by atoms with van der Waals surface area (Å²) in [6, 6.07) is 16.1. The number of benzene rings is 2. The zero-order valence-electron chi connectivity index (χ0n) is 19.5. The van der Waals surface area contributed by atoms with Crippen LogP contribution in [0.25, 0.3) is 0 Å². The summed E-state index contributed by atoms with van der Waals surface area (Å²) in [5, 5.41) is 2.88. The number of likely N-dealkylation sites (N-methyl/N-ethyl adjacent to an activating group) is 1. The monoisotopic (exact) mass is 463 g/mol. The summed E-state index contributed by atoms with van der Waals surface area (Å²) < 4.78 is 1.21. The van der Waals surface area contributed by atoms with Crippen molar-refractivity contribution in [2.75, 3.05) is 24.6 Å². The number of hydrogen-bond acceptors (Lipinski definition) is 6. The number of hydrogen-bond donors (Lipinski definition) is 3. The number of Topliss-reactive ketones (excluding diaryl/α,β-unsaturated/α-hetero) is 1. The summed E-state index contributed by atoms with van der Waals surface area (Å²) in [5.41, 5.74) is 6.44. The van der Waals surface area contributed by atoms with Gasteiger partial charge in [0.1, 0.15) is 11.4 Å². The predicted molar refractivity (Wildman–Crippen MR) is 132 cm³/mol. The Morgan fingerprint density at radius 1 is 1.12 bits per heavy atom. The Morgan fingerprint density at radius 3 is 2.50 bits per heavy atom. The molecule has 1 amide bonds. The average molecular weight is 464 g/mol. The van der Waals surface area contributed by atoms with Crippen molar-refractivity contribution in [3.05, 3.63) is 92.1 Å². The molecule has 3 rings (SSSR count). The van der Waals surface area contributed by atoms with Gasteiger partial charge in [-0.15, -0.1) is 0 Å². The highest BCUT2D eigenvalue weighted by Gasteiger charge is 2.22. The van der Waals surface area contributed by atoms with E-state index in [1.54, 1.807) is 42.3 Å². The number of H-pyrrole nitrogens is 1. The summed E-state index contributed by atoms with van der Waals surface area (Å²) in [4.78, 5) is 53.7. The number of amides is 1. The van der Waals surface area contributed by atoms with Crippen LogP contribution in [0.5, 0.6) is 0 Å². The molecule has 0 unspecified atom stereocenters. The topological polar surface area (TPSA) is 130 Å². The Labute approximate surface area is 197 Å². The van der Waals surface area contributed by atoms with Gasteiger partial charge in [-0.2, -0.15) is 0 Å². The van der Waals surface area contributed by atoms with Crippen LogP contribution in [0.15, 0.2) is 64.2 Å². The first-order valence-electron chi connectivity index (χ1n) is 11.0. The minimum atomic E-state index is -0.786. The maximum atomic E-state index is 13.0. The van der Waals surface area contributed by atoms with Crippen molar-refractivity contribution < 1.29 is 9.59 Å².